The number of carbonyl (C=O) groups is 1. The lowest BCUT2D eigenvalue weighted by molar-refractivity contribution is 0.0809. The molecule has 1 aromatic rings. The topological polar surface area (TPSA) is 29.5 Å². The predicted octanol–water partition coefficient (Wildman–Crippen LogP) is 4.14. The van der Waals surface area contributed by atoms with E-state index >= 15 is 0 Å². The van der Waals surface area contributed by atoms with E-state index in [0.717, 1.165) is 24.8 Å². The number of allylic oxidation sites excluding steroid dienone is 1. The summed E-state index contributed by atoms with van der Waals surface area (Å²) in [5, 5.41) is 0. The van der Waals surface area contributed by atoms with Crippen molar-refractivity contribution in [3.05, 3.63) is 48.0 Å². The van der Waals surface area contributed by atoms with Crippen molar-refractivity contribution in [2.75, 3.05) is 7.05 Å². The molecule has 0 N–H and O–H groups in total. The molecule has 3 heteroatoms. The third kappa shape index (κ3) is 4.72. The third-order valence-corrected chi connectivity index (χ3v) is 3.54. The monoisotopic (exact) mass is 273 g/mol. The van der Waals surface area contributed by atoms with Crippen LogP contribution in [0.25, 0.3) is 0 Å². The van der Waals surface area contributed by atoms with Crippen LogP contribution in [0.2, 0.25) is 0 Å². The molecule has 0 aromatic heterocycles. The van der Waals surface area contributed by atoms with Crippen LogP contribution < -0.4 is 0 Å². The Hall–Kier alpha value is -1.77. The molecule has 1 aromatic carbocycles. The van der Waals surface area contributed by atoms with E-state index in [1.54, 1.807) is 11.9 Å². The first-order valence-electron chi connectivity index (χ1n) is 7.38. The highest BCUT2D eigenvalue weighted by molar-refractivity contribution is 5.67. The van der Waals surface area contributed by atoms with Gasteiger partial charge in [0.15, 0.2) is 0 Å². The van der Waals surface area contributed by atoms with Crippen LogP contribution in [0.3, 0.4) is 0 Å². The Morgan fingerprint density at radius 1 is 1.25 bits per heavy atom. The van der Waals surface area contributed by atoms with E-state index in [2.05, 4.69) is 6.08 Å². The molecule has 0 spiro atoms. The minimum Gasteiger partial charge on any atom is -0.442 e. The van der Waals surface area contributed by atoms with Gasteiger partial charge in [0.05, 0.1) is 0 Å². The highest BCUT2D eigenvalue weighted by Crippen LogP contribution is 2.15. The van der Waals surface area contributed by atoms with Gasteiger partial charge in [-0.15, -0.1) is 0 Å². The Morgan fingerprint density at radius 2 is 2.05 bits per heavy atom. The van der Waals surface area contributed by atoms with Gasteiger partial charge in [-0.25, -0.2) is 4.79 Å². The van der Waals surface area contributed by atoms with Crippen LogP contribution in [0.1, 0.15) is 37.7 Å². The fraction of sp³-hybridized carbons (Fsp3) is 0.471. The summed E-state index contributed by atoms with van der Waals surface area (Å²) in [6.45, 7) is 0.579. The zero-order valence-corrected chi connectivity index (χ0v) is 12.1. The molecule has 1 amide bonds. The maximum Gasteiger partial charge on any atom is 0.410 e. The molecule has 0 bridgehead atoms. The van der Waals surface area contributed by atoms with E-state index in [9.17, 15) is 4.79 Å². The third-order valence-electron chi connectivity index (χ3n) is 3.54. The van der Waals surface area contributed by atoms with Gasteiger partial charge in [-0.1, -0.05) is 42.8 Å². The first kappa shape index (κ1) is 14.6. The number of benzene rings is 1. The zero-order valence-electron chi connectivity index (χ0n) is 12.1. The minimum absolute atomic E-state index is 0.0685. The molecular formula is C17H23NO2. The first-order chi connectivity index (χ1) is 9.75. The second-order valence-electron chi connectivity index (χ2n) is 5.33. The summed E-state index contributed by atoms with van der Waals surface area (Å²) in [6, 6.07) is 9.96. The maximum absolute atomic E-state index is 12.1. The average molecular weight is 273 g/mol. The molecule has 3 nitrogen and oxygen atoms in total. The molecule has 0 radical (unpaired) electrons. The fourth-order valence-corrected chi connectivity index (χ4v) is 2.37. The van der Waals surface area contributed by atoms with Crippen molar-refractivity contribution in [2.45, 2.75) is 44.8 Å². The summed E-state index contributed by atoms with van der Waals surface area (Å²) in [5.41, 5.74) is 1.11. The minimum atomic E-state index is -0.246. The van der Waals surface area contributed by atoms with E-state index < -0.39 is 0 Å². The van der Waals surface area contributed by atoms with Crippen molar-refractivity contribution >= 4 is 6.09 Å². The number of nitrogens with zero attached hydrogens (tertiary/aromatic N) is 1. The Morgan fingerprint density at radius 3 is 2.85 bits per heavy atom. The summed E-state index contributed by atoms with van der Waals surface area (Å²) < 4.78 is 5.56. The molecule has 1 unspecified atom stereocenters. The van der Waals surface area contributed by atoms with Gasteiger partial charge >= 0.3 is 6.09 Å². The second-order valence-corrected chi connectivity index (χ2v) is 5.33. The van der Waals surface area contributed by atoms with Crippen LogP contribution >= 0.6 is 0 Å². The van der Waals surface area contributed by atoms with Gasteiger partial charge in [-0.3, -0.25) is 0 Å². The summed E-state index contributed by atoms with van der Waals surface area (Å²) in [5.74, 6) is 0. The highest BCUT2D eigenvalue weighted by atomic mass is 16.6. The summed E-state index contributed by atoms with van der Waals surface area (Å²) in [4.78, 5) is 13.7. The van der Waals surface area contributed by atoms with Crippen molar-refractivity contribution < 1.29 is 9.53 Å². The van der Waals surface area contributed by atoms with E-state index in [0.29, 0.717) is 6.54 Å². The lowest BCUT2D eigenvalue weighted by atomic mass is 10.0. The molecule has 20 heavy (non-hydrogen) atoms. The van der Waals surface area contributed by atoms with E-state index in [1.807, 2.05) is 36.4 Å². The molecule has 0 heterocycles. The molecule has 1 aliphatic rings. The van der Waals surface area contributed by atoms with Gasteiger partial charge in [0.25, 0.3) is 0 Å². The van der Waals surface area contributed by atoms with Crippen LogP contribution in [0, 0.1) is 0 Å². The molecule has 108 valence electrons. The fourth-order valence-electron chi connectivity index (χ4n) is 2.37. The van der Waals surface area contributed by atoms with Gasteiger partial charge in [-0.05, 0) is 37.3 Å². The smallest absolute Gasteiger partial charge is 0.410 e. The number of hydrogen-bond acceptors (Lipinski definition) is 2. The molecule has 0 fully saturated rings. The molecule has 2 rings (SSSR count). The maximum atomic E-state index is 12.1. The standard InChI is InChI=1S/C17H23NO2/c1-18(14-15-10-6-5-7-11-15)17(19)20-16-12-8-3-2-4-9-13-16/h5-8,10-12,16H,2-4,9,13-14H2,1H3. The lowest BCUT2D eigenvalue weighted by Crippen LogP contribution is -2.30. The van der Waals surface area contributed by atoms with Crippen LogP contribution in [0.4, 0.5) is 4.79 Å². The summed E-state index contributed by atoms with van der Waals surface area (Å²) in [6.07, 6.45) is 9.47. The van der Waals surface area contributed by atoms with Crippen LogP contribution in [-0.4, -0.2) is 24.1 Å². The normalized spacial score (nSPS) is 18.9. The van der Waals surface area contributed by atoms with Crippen molar-refractivity contribution in [3.8, 4) is 0 Å². The molecular weight excluding hydrogens is 250 g/mol. The van der Waals surface area contributed by atoms with Gasteiger partial charge in [0, 0.05) is 13.6 Å². The van der Waals surface area contributed by atoms with E-state index in [4.69, 9.17) is 4.74 Å². The number of rotatable bonds is 3. The summed E-state index contributed by atoms with van der Waals surface area (Å²) >= 11 is 0. The number of hydrogen-bond donors (Lipinski definition) is 0. The Kier molecular flexibility index (Phi) is 5.66. The number of carbonyl (C=O) groups excluding carboxylic acids is 1. The highest BCUT2D eigenvalue weighted by Gasteiger charge is 2.16. The second kappa shape index (κ2) is 7.73. The van der Waals surface area contributed by atoms with Gasteiger partial charge in [0.1, 0.15) is 6.10 Å². The molecule has 1 atom stereocenters. The van der Waals surface area contributed by atoms with Crippen molar-refractivity contribution in [3.63, 3.8) is 0 Å². The van der Waals surface area contributed by atoms with Crippen molar-refractivity contribution in [2.24, 2.45) is 0 Å². The van der Waals surface area contributed by atoms with Gasteiger partial charge < -0.3 is 9.64 Å². The van der Waals surface area contributed by atoms with Crippen molar-refractivity contribution in [1.82, 2.24) is 4.90 Å². The van der Waals surface area contributed by atoms with Crippen LogP contribution in [0.5, 0.6) is 0 Å². The summed E-state index contributed by atoms with van der Waals surface area (Å²) in [7, 11) is 1.78. The van der Waals surface area contributed by atoms with E-state index in [-0.39, 0.29) is 12.2 Å². The van der Waals surface area contributed by atoms with Gasteiger partial charge in [-0.2, -0.15) is 0 Å². The zero-order chi connectivity index (χ0) is 14.2. The lowest BCUT2D eigenvalue weighted by Gasteiger charge is -2.21. The predicted molar refractivity (Wildman–Crippen MR) is 80.4 cm³/mol. The largest absolute Gasteiger partial charge is 0.442 e. The van der Waals surface area contributed by atoms with E-state index in [1.165, 1.54) is 12.8 Å². The molecule has 1 aliphatic carbocycles. The molecule has 0 aliphatic heterocycles. The number of ether oxygens (including phenoxy) is 1. The van der Waals surface area contributed by atoms with Crippen molar-refractivity contribution in [1.29, 1.82) is 0 Å². The Labute approximate surface area is 121 Å². The Bertz CT molecular complexity index is 442. The first-order valence-corrected chi connectivity index (χ1v) is 7.38. The number of amides is 1. The SMILES string of the molecule is CN(Cc1ccccc1)C(=O)OC1C=CCCCCC1. The molecule has 0 saturated carbocycles. The van der Waals surface area contributed by atoms with Gasteiger partial charge in [0.2, 0.25) is 0 Å². The quantitative estimate of drug-likeness (QED) is 0.774. The van der Waals surface area contributed by atoms with Crippen LogP contribution in [-0.2, 0) is 11.3 Å². The van der Waals surface area contributed by atoms with Crippen LogP contribution in [0.15, 0.2) is 42.5 Å². The Balaban J connectivity index is 1.85. The molecule has 0 saturated heterocycles. The average Bonchev–Trinajstić information content (AvgIpc) is 2.42.